The Hall–Kier alpha value is -1.22. The summed E-state index contributed by atoms with van der Waals surface area (Å²) in [4.78, 5) is 0. The van der Waals surface area contributed by atoms with Gasteiger partial charge in [-0.3, -0.25) is 0 Å². The van der Waals surface area contributed by atoms with Gasteiger partial charge in [-0.2, -0.15) is 0 Å². The molecule has 0 heterocycles. The number of rotatable bonds is 8. The van der Waals surface area contributed by atoms with E-state index in [1.807, 2.05) is 12.1 Å². The van der Waals surface area contributed by atoms with Crippen LogP contribution in [0.4, 0.5) is 0 Å². The molecule has 0 aromatic heterocycles. The van der Waals surface area contributed by atoms with Crippen molar-refractivity contribution in [2.75, 3.05) is 20.8 Å². The minimum absolute atomic E-state index is 0.381. The van der Waals surface area contributed by atoms with Gasteiger partial charge in [-0.1, -0.05) is 25.8 Å². The Balaban J connectivity index is 2.13. The van der Waals surface area contributed by atoms with E-state index in [0.717, 1.165) is 24.0 Å². The summed E-state index contributed by atoms with van der Waals surface area (Å²) in [5, 5.41) is 3.57. The molecule has 1 aromatic rings. The number of benzene rings is 1. The van der Waals surface area contributed by atoms with Crippen LogP contribution in [0.15, 0.2) is 18.2 Å². The van der Waals surface area contributed by atoms with E-state index in [-0.39, 0.29) is 0 Å². The molecule has 2 rings (SSSR count). The highest BCUT2D eigenvalue weighted by Gasteiger charge is 2.24. The highest BCUT2D eigenvalue weighted by atomic mass is 16.5. The maximum absolute atomic E-state index is 5.52. The van der Waals surface area contributed by atoms with E-state index < -0.39 is 0 Å². The molecular weight excluding hydrogens is 238 g/mol. The molecule has 1 N–H and O–H groups in total. The lowest BCUT2D eigenvalue weighted by molar-refractivity contribution is 0.380. The maximum Gasteiger partial charge on any atom is 0.127 e. The molecule has 0 aliphatic heterocycles. The Kier molecular flexibility index (Phi) is 5.08. The smallest absolute Gasteiger partial charge is 0.127 e. The Morgan fingerprint density at radius 3 is 2.63 bits per heavy atom. The van der Waals surface area contributed by atoms with Crippen LogP contribution in [0.5, 0.6) is 11.5 Å². The molecule has 1 unspecified atom stereocenters. The molecule has 0 saturated heterocycles. The maximum atomic E-state index is 5.52. The van der Waals surface area contributed by atoms with Crippen LogP contribution in [0, 0.1) is 5.92 Å². The van der Waals surface area contributed by atoms with Crippen molar-refractivity contribution in [1.29, 1.82) is 0 Å². The largest absolute Gasteiger partial charge is 0.497 e. The van der Waals surface area contributed by atoms with Crippen molar-refractivity contribution in [2.24, 2.45) is 5.92 Å². The fourth-order valence-corrected chi connectivity index (χ4v) is 2.53. The number of hydrogen-bond donors (Lipinski definition) is 1. The molecule has 1 saturated carbocycles. The summed E-state index contributed by atoms with van der Waals surface area (Å²) in [5.74, 6) is 2.73. The Morgan fingerprint density at radius 2 is 2.05 bits per heavy atom. The standard InChI is InChI=1S/C16H25NO2/c1-4-17-15(10-7-12-5-6-12)14-9-8-13(18-2)11-16(14)19-3/h8-9,11-12,15,17H,4-7,10H2,1-3H3. The van der Waals surface area contributed by atoms with E-state index >= 15 is 0 Å². The fraction of sp³-hybridized carbons (Fsp3) is 0.625. The summed E-state index contributed by atoms with van der Waals surface area (Å²) < 4.78 is 10.8. The number of nitrogens with one attached hydrogen (secondary N) is 1. The number of methoxy groups -OCH3 is 2. The van der Waals surface area contributed by atoms with Crippen LogP contribution >= 0.6 is 0 Å². The number of ether oxygens (including phenoxy) is 2. The van der Waals surface area contributed by atoms with Crippen molar-refractivity contribution in [3.8, 4) is 11.5 Å². The minimum atomic E-state index is 0.381. The van der Waals surface area contributed by atoms with Crippen LogP contribution in [0.25, 0.3) is 0 Å². The molecule has 19 heavy (non-hydrogen) atoms. The molecule has 1 fully saturated rings. The monoisotopic (exact) mass is 263 g/mol. The average Bonchev–Trinajstić information content (AvgIpc) is 3.27. The van der Waals surface area contributed by atoms with Crippen molar-refractivity contribution < 1.29 is 9.47 Å². The molecule has 1 aliphatic rings. The van der Waals surface area contributed by atoms with Gasteiger partial charge in [-0.15, -0.1) is 0 Å². The lowest BCUT2D eigenvalue weighted by Gasteiger charge is -2.21. The van der Waals surface area contributed by atoms with E-state index in [4.69, 9.17) is 9.47 Å². The van der Waals surface area contributed by atoms with Crippen LogP contribution in [-0.4, -0.2) is 20.8 Å². The lowest BCUT2D eigenvalue weighted by Crippen LogP contribution is -2.21. The van der Waals surface area contributed by atoms with Crippen molar-refractivity contribution in [1.82, 2.24) is 5.32 Å². The quantitative estimate of drug-likeness (QED) is 0.778. The highest BCUT2D eigenvalue weighted by molar-refractivity contribution is 5.42. The first-order valence-electron chi connectivity index (χ1n) is 7.23. The first kappa shape index (κ1) is 14.2. The van der Waals surface area contributed by atoms with Gasteiger partial charge in [0.1, 0.15) is 11.5 Å². The van der Waals surface area contributed by atoms with Gasteiger partial charge in [0, 0.05) is 17.7 Å². The van der Waals surface area contributed by atoms with Gasteiger partial charge in [0.2, 0.25) is 0 Å². The van der Waals surface area contributed by atoms with E-state index in [2.05, 4.69) is 18.3 Å². The van der Waals surface area contributed by atoms with Crippen LogP contribution in [0.1, 0.15) is 44.2 Å². The average molecular weight is 263 g/mol. The second kappa shape index (κ2) is 6.80. The summed E-state index contributed by atoms with van der Waals surface area (Å²) in [6, 6.07) is 6.49. The zero-order valence-corrected chi connectivity index (χ0v) is 12.2. The number of hydrogen-bond acceptors (Lipinski definition) is 3. The molecule has 1 aromatic carbocycles. The van der Waals surface area contributed by atoms with Gasteiger partial charge in [0.15, 0.2) is 0 Å². The second-order valence-electron chi connectivity index (χ2n) is 5.24. The van der Waals surface area contributed by atoms with Crippen LogP contribution in [0.2, 0.25) is 0 Å². The van der Waals surface area contributed by atoms with Gasteiger partial charge >= 0.3 is 0 Å². The first-order chi connectivity index (χ1) is 9.28. The van der Waals surface area contributed by atoms with Gasteiger partial charge in [0.25, 0.3) is 0 Å². The Morgan fingerprint density at radius 1 is 1.26 bits per heavy atom. The van der Waals surface area contributed by atoms with Gasteiger partial charge < -0.3 is 14.8 Å². The summed E-state index contributed by atoms with van der Waals surface area (Å²) in [6.07, 6.45) is 5.32. The van der Waals surface area contributed by atoms with Crippen molar-refractivity contribution in [3.05, 3.63) is 23.8 Å². The summed E-state index contributed by atoms with van der Waals surface area (Å²) in [6.45, 7) is 3.13. The van der Waals surface area contributed by atoms with Crippen molar-refractivity contribution in [2.45, 2.75) is 38.6 Å². The van der Waals surface area contributed by atoms with Crippen LogP contribution in [0.3, 0.4) is 0 Å². The normalized spacial score (nSPS) is 16.2. The van der Waals surface area contributed by atoms with E-state index in [9.17, 15) is 0 Å². The molecule has 1 aliphatic carbocycles. The Bertz CT molecular complexity index is 402. The summed E-state index contributed by atoms with van der Waals surface area (Å²) in [5.41, 5.74) is 1.24. The van der Waals surface area contributed by atoms with E-state index in [0.29, 0.717) is 6.04 Å². The van der Waals surface area contributed by atoms with Gasteiger partial charge in [0.05, 0.1) is 14.2 Å². The topological polar surface area (TPSA) is 30.5 Å². The third-order valence-electron chi connectivity index (χ3n) is 3.83. The van der Waals surface area contributed by atoms with Gasteiger partial charge in [-0.25, -0.2) is 0 Å². The first-order valence-corrected chi connectivity index (χ1v) is 7.23. The Labute approximate surface area is 116 Å². The molecule has 3 heteroatoms. The molecule has 0 bridgehead atoms. The SMILES string of the molecule is CCNC(CCC1CC1)c1ccc(OC)cc1OC. The van der Waals surface area contributed by atoms with Crippen LogP contribution < -0.4 is 14.8 Å². The predicted molar refractivity (Wildman–Crippen MR) is 77.9 cm³/mol. The molecular formula is C16H25NO2. The molecule has 106 valence electrons. The van der Waals surface area contributed by atoms with E-state index in [1.54, 1.807) is 14.2 Å². The predicted octanol–water partition coefficient (Wildman–Crippen LogP) is 3.54. The lowest BCUT2D eigenvalue weighted by atomic mass is 9.99. The summed E-state index contributed by atoms with van der Waals surface area (Å²) in [7, 11) is 3.41. The molecule has 0 radical (unpaired) electrons. The van der Waals surface area contributed by atoms with Crippen molar-refractivity contribution >= 4 is 0 Å². The summed E-state index contributed by atoms with van der Waals surface area (Å²) >= 11 is 0. The second-order valence-corrected chi connectivity index (χ2v) is 5.24. The van der Waals surface area contributed by atoms with E-state index in [1.165, 1.54) is 31.2 Å². The zero-order valence-electron chi connectivity index (χ0n) is 12.2. The molecule has 0 spiro atoms. The van der Waals surface area contributed by atoms with Crippen LogP contribution in [-0.2, 0) is 0 Å². The van der Waals surface area contributed by atoms with Crippen molar-refractivity contribution in [3.63, 3.8) is 0 Å². The molecule has 1 atom stereocenters. The fourth-order valence-electron chi connectivity index (χ4n) is 2.53. The third-order valence-corrected chi connectivity index (χ3v) is 3.83. The van der Waals surface area contributed by atoms with Gasteiger partial charge in [-0.05, 0) is 31.4 Å². The zero-order chi connectivity index (χ0) is 13.7. The third kappa shape index (κ3) is 3.87. The molecule has 3 nitrogen and oxygen atoms in total. The highest BCUT2D eigenvalue weighted by Crippen LogP contribution is 2.38. The molecule has 0 amide bonds. The minimum Gasteiger partial charge on any atom is -0.497 e.